The van der Waals surface area contributed by atoms with Gasteiger partial charge < -0.3 is 20.7 Å². The number of fused-ring (bicyclic) bond motifs is 1. The van der Waals surface area contributed by atoms with Gasteiger partial charge in [0.15, 0.2) is 0 Å². The zero-order valence-corrected chi connectivity index (χ0v) is 12.6. The topological polar surface area (TPSA) is 120 Å². The first-order valence-corrected chi connectivity index (χ1v) is 7.23. The lowest BCUT2D eigenvalue weighted by molar-refractivity contribution is -0.118. The molecule has 3 aromatic rings. The number of hydrogen-bond acceptors (Lipinski definition) is 5. The number of pyridine rings is 1. The van der Waals surface area contributed by atoms with Crippen molar-refractivity contribution in [3.63, 3.8) is 0 Å². The van der Waals surface area contributed by atoms with Crippen molar-refractivity contribution in [3.8, 4) is 0 Å². The number of carbonyl (C=O) groups is 2. The second-order valence-electron chi connectivity index (χ2n) is 5.07. The molecule has 8 nitrogen and oxygen atoms in total. The highest BCUT2D eigenvalue weighted by molar-refractivity contribution is 6.01. The summed E-state index contributed by atoms with van der Waals surface area (Å²) in [6.07, 6.45) is 4.37. The highest BCUT2D eigenvalue weighted by atomic mass is 16.3. The van der Waals surface area contributed by atoms with Crippen LogP contribution < -0.4 is 10.6 Å². The Labute approximate surface area is 136 Å². The number of rotatable bonds is 5. The molecule has 0 radical (unpaired) electrons. The molecule has 24 heavy (non-hydrogen) atoms. The van der Waals surface area contributed by atoms with Crippen molar-refractivity contribution >= 4 is 28.4 Å². The second kappa shape index (κ2) is 6.88. The van der Waals surface area contributed by atoms with E-state index in [0.717, 1.165) is 10.9 Å². The number of aliphatic hydroxyl groups is 1. The van der Waals surface area contributed by atoms with E-state index in [0.29, 0.717) is 5.69 Å². The number of H-pyrrole nitrogens is 1. The summed E-state index contributed by atoms with van der Waals surface area (Å²) in [5, 5.41) is 15.4. The van der Waals surface area contributed by atoms with Gasteiger partial charge in [-0.25, -0.2) is 4.98 Å². The van der Waals surface area contributed by atoms with Gasteiger partial charge in [0.1, 0.15) is 11.7 Å². The van der Waals surface area contributed by atoms with E-state index in [2.05, 4.69) is 25.6 Å². The Morgan fingerprint density at radius 3 is 2.92 bits per heavy atom. The number of amides is 2. The molecule has 1 atom stereocenters. The van der Waals surface area contributed by atoms with Crippen LogP contribution >= 0.6 is 0 Å². The van der Waals surface area contributed by atoms with Crippen LogP contribution in [0.2, 0.25) is 0 Å². The summed E-state index contributed by atoms with van der Waals surface area (Å²) < 4.78 is 0. The SMILES string of the molecule is O=C(NC(CO)C(=O)Nc1ccc2ncccc2c1)c1cnc[nH]1. The first-order valence-electron chi connectivity index (χ1n) is 7.23. The molecule has 0 fully saturated rings. The molecular formula is C16H15N5O3. The van der Waals surface area contributed by atoms with Gasteiger partial charge in [0.05, 0.1) is 24.6 Å². The van der Waals surface area contributed by atoms with E-state index in [-0.39, 0.29) is 5.69 Å². The summed E-state index contributed by atoms with van der Waals surface area (Å²) in [5.41, 5.74) is 1.56. The molecule has 0 aliphatic carbocycles. The Kier molecular flexibility index (Phi) is 4.48. The molecule has 2 aromatic heterocycles. The van der Waals surface area contributed by atoms with E-state index in [1.165, 1.54) is 12.5 Å². The summed E-state index contributed by atoms with van der Waals surface area (Å²) in [6, 6.07) is 7.85. The quantitative estimate of drug-likeness (QED) is 0.550. The van der Waals surface area contributed by atoms with Crippen LogP contribution in [0.3, 0.4) is 0 Å². The summed E-state index contributed by atoms with van der Waals surface area (Å²) >= 11 is 0. The molecule has 3 rings (SSSR count). The second-order valence-corrected chi connectivity index (χ2v) is 5.07. The minimum absolute atomic E-state index is 0.207. The van der Waals surface area contributed by atoms with Crippen molar-refractivity contribution in [1.29, 1.82) is 0 Å². The Morgan fingerprint density at radius 2 is 2.17 bits per heavy atom. The normalized spacial score (nSPS) is 11.9. The molecule has 0 aliphatic rings. The fourth-order valence-electron chi connectivity index (χ4n) is 2.19. The number of nitrogens with zero attached hydrogens (tertiary/aromatic N) is 2. The largest absolute Gasteiger partial charge is 0.394 e. The van der Waals surface area contributed by atoms with Gasteiger partial charge in [0, 0.05) is 17.3 Å². The third kappa shape index (κ3) is 3.39. The molecule has 0 aliphatic heterocycles. The predicted octanol–water partition coefficient (Wildman–Crippen LogP) is 0.687. The fraction of sp³-hybridized carbons (Fsp3) is 0.125. The molecule has 0 saturated carbocycles. The zero-order chi connectivity index (χ0) is 16.9. The maximum absolute atomic E-state index is 12.3. The van der Waals surface area contributed by atoms with Crippen LogP contribution in [-0.4, -0.2) is 44.5 Å². The Hall–Kier alpha value is -3.26. The van der Waals surface area contributed by atoms with E-state index >= 15 is 0 Å². The third-order valence-electron chi connectivity index (χ3n) is 3.42. The van der Waals surface area contributed by atoms with E-state index < -0.39 is 24.5 Å². The number of benzene rings is 1. The number of aliphatic hydroxyl groups excluding tert-OH is 1. The van der Waals surface area contributed by atoms with Crippen molar-refractivity contribution < 1.29 is 14.7 Å². The third-order valence-corrected chi connectivity index (χ3v) is 3.42. The molecule has 0 spiro atoms. The predicted molar refractivity (Wildman–Crippen MR) is 87.3 cm³/mol. The van der Waals surface area contributed by atoms with Crippen LogP contribution in [0.15, 0.2) is 49.1 Å². The molecule has 1 unspecified atom stereocenters. The Bertz CT molecular complexity index is 863. The van der Waals surface area contributed by atoms with Crippen molar-refractivity contribution in [2.24, 2.45) is 0 Å². The monoisotopic (exact) mass is 325 g/mol. The maximum Gasteiger partial charge on any atom is 0.270 e. The highest BCUT2D eigenvalue weighted by Gasteiger charge is 2.21. The van der Waals surface area contributed by atoms with Crippen LogP contribution in [-0.2, 0) is 4.79 Å². The van der Waals surface area contributed by atoms with Crippen LogP contribution in [0.5, 0.6) is 0 Å². The van der Waals surface area contributed by atoms with Gasteiger partial charge in [-0.05, 0) is 24.3 Å². The molecule has 1 aromatic carbocycles. The molecule has 4 N–H and O–H groups in total. The first kappa shape index (κ1) is 15.6. The summed E-state index contributed by atoms with van der Waals surface area (Å²) in [4.78, 5) is 34.7. The summed E-state index contributed by atoms with van der Waals surface area (Å²) in [7, 11) is 0. The lowest BCUT2D eigenvalue weighted by Gasteiger charge is -2.16. The van der Waals surface area contributed by atoms with Gasteiger partial charge in [0.25, 0.3) is 5.91 Å². The van der Waals surface area contributed by atoms with Gasteiger partial charge >= 0.3 is 0 Å². The molecular weight excluding hydrogens is 310 g/mol. The van der Waals surface area contributed by atoms with Gasteiger partial charge in [0.2, 0.25) is 5.91 Å². The van der Waals surface area contributed by atoms with Gasteiger partial charge in [-0.2, -0.15) is 0 Å². The smallest absolute Gasteiger partial charge is 0.270 e. The number of carbonyl (C=O) groups excluding carboxylic acids is 2. The lowest BCUT2D eigenvalue weighted by atomic mass is 10.2. The minimum Gasteiger partial charge on any atom is -0.394 e. The molecule has 0 bridgehead atoms. The number of aromatic amines is 1. The van der Waals surface area contributed by atoms with Crippen LogP contribution in [0.1, 0.15) is 10.5 Å². The Balaban J connectivity index is 1.70. The van der Waals surface area contributed by atoms with Gasteiger partial charge in [-0.3, -0.25) is 14.6 Å². The molecule has 122 valence electrons. The molecule has 2 heterocycles. The van der Waals surface area contributed by atoms with Crippen LogP contribution in [0, 0.1) is 0 Å². The van der Waals surface area contributed by atoms with E-state index in [4.69, 9.17) is 0 Å². The lowest BCUT2D eigenvalue weighted by Crippen LogP contribution is -2.46. The average Bonchev–Trinajstić information content (AvgIpc) is 3.14. The number of imidazole rings is 1. The summed E-state index contributed by atoms with van der Waals surface area (Å²) in [5.74, 6) is -1.04. The standard InChI is InChI=1S/C16H15N5O3/c22-8-14(21-15(23)13-7-17-9-19-13)16(24)20-11-3-4-12-10(6-11)2-1-5-18-12/h1-7,9,14,22H,8H2,(H,17,19)(H,20,24)(H,21,23). The van der Waals surface area contributed by atoms with E-state index in [9.17, 15) is 14.7 Å². The van der Waals surface area contributed by atoms with Gasteiger partial charge in [-0.15, -0.1) is 0 Å². The van der Waals surface area contributed by atoms with Crippen molar-refractivity contribution in [3.05, 3.63) is 54.7 Å². The first-order chi connectivity index (χ1) is 11.7. The number of anilines is 1. The van der Waals surface area contributed by atoms with E-state index in [1.54, 1.807) is 30.5 Å². The van der Waals surface area contributed by atoms with E-state index in [1.807, 2.05) is 6.07 Å². The average molecular weight is 325 g/mol. The molecule has 8 heteroatoms. The number of nitrogens with one attached hydrogen (secondary N) is 3. The van der Waals surface area contributed by atoms with Crippen molar-refractivity contribution in [1.82, 2.24) is 20.3 Å². The minimum atomic E-state index is -1.08. The number of aromatic nitrogens is 3. The molecule has 2 amide bonds. The highest BCUT2D eigenvalue weighted by Crippen LogP contribution is 2.17. The maximum atomic E-state index is 12.3. The molecule has 0 saturated heterocycles. The van der Waals surface area contributed by atoms with Crippen LogP contribution in [0.4, 0.5) is 5.69 Å². The fourth-order valence-corrected chi connectivity index (χ4v) is 2.19. The zero-order valence-electron chi connectivity index (χ0n) is 12.6. The number of hydrogen-bond donors (Lipinski definition) is 4. The Morgan fingerprint density at radius 1 is 1.29 bits per heavy atom. The van der Waals surface area contributed by atoms with Crippen molar-refractivity contribution in [2.45, 2.75) is 6.04 Å². The van der Waals surface area contributed by atoms with Crippen molar-refractivity contribution in [2.75, 3.05) is 11.9 Å². The van der Waals surface area contributed by atoms with Crippen LogP contribution in [0.25, 0.3) is 10.9 Å². The summed E-state index contributed by atoms with van der Waals surface area (Å²) in [6.45, 7) is -0.527. The van der Waals surface area contributed by atoms with Gasteiger partial charge in [-0.1, -0.05) is 6.07 Å².